The monoisotopic (exact) mass is 373 g/mol. The van der Waals surface area contributed by atoms with E-state index in [1.54, 1.807) is 23.1 Å². The van der Waals surface area contributed by atoms with Crippen LogP contribution in [0.5, 0.6) is 5.75 Å². The van der Waals surface area contributed by atoms with Crippen molar-refractivity contribution in [1.82, 2.24) is 0 Å². The van der Waals surface area contributed by atoms with E-state index in [2.05, 4.69) is 0 Å². The number of benzene rings is 3. The SMILES string of the molecule is O=c1cc(-c2ccccc2)c2ccc3c(c2o1)CN(c1ccccc1F)CO3. The van der Waals surface area contributed by atoms with Crippen LogP contribution in [0.2, 0.25) is 0 Å². The van der Waals surface area contributed by atoms with Crippen LogP contribution >= 0.6 is 0 Å². The number of anilines is 1. The fraction of sp³-hybridized carbons (Fsp3) is 0.0870. The Morgan fingerprint density at radius 3 is 2.54 bits per heavy atom. The molecule has 0 aliphatic carbocycles. The number of fused-ring (bicyclic) bond motifs is 3. The standard InChI is InChI=1S/C23H16FNO3/c24-19-8-4-5-9-20(19)25-13-18-21(27-14-25)11-10-16-17(12-22(26)28-23(16)18)15-6-2-1-3-7-15/h1-12H,13-14H2. The van der Waals surface area contributed by atoms with Gasteiger partial charge in [0.05, 0.1) is 17.8 Å². The lowest BCUT2D eigenvalue weighted by Gasteiger charge is -2.31. The second-order valence-corrected chi connectivity index (χ2v) is 6.69. The van der Waals surface area contributed by atoms with E-state index in [9.17, 15) is 9.18 Å². The molecule has 0 atom stereocenters. The van der Waals surface area contributed by atoms with Crippen molar-refractivity contribution in [3.63, 3.8) is 0 Å². The maximum Gasteiger partial charge on any atom is 0.336 e. The molecule has 0 N–H and O–H groups in total. The van der Waals surface area contributed by atoms with Crippen molar-refractivity contribution in [1.29, 1.82) is 0 Å². The van der Waals surface area contributed by atoms with E-state index in [0.717, 1.165) is 22.1 Å². The van der Waals surface area contributed by atoms with Gasteiger partial charge in [-0.05, 0) is 35.4 Å². The Morgan fingerprint density at radius 1 is 0.929 bits per heavy atom. The number of halogens is 1. The zero-order chi connectivity index (χ0) is 19.1. The van der Waals surface area contributed by atoms with Gasteiger partial charge in [-0.25, -0.2) is 9.18 Å². The second kappa shape index (κ2) is 6.53. The highest BCUT2D eigenvalue weighted by atomic mass is 19.1. The molecule has 5 rings (SSSR count). The van der Waals surface area contributed by atoms with Crippen molar-refractivity contribution in [2.45, 2.75) is 6.54 Å². The molecular weight excluding hydrogens is 357 g/mol. The van der Waals surface area contributed by atoms with Crippen LogP contribution < -0.4 is 15.3 Å². The molecule has 138 valence electrons. The summed E-state index contributed by atoms with van der Waals surface area (Å²) in [5, 5.41) is 0.823. The molecule has 0 amide bonds. The van der Waals surface area contributed by atoms with Gasteiger partial charge in [-0.3, -0.25) is 0 Å². The van der Waals surface area contributed by atoms with Gasteiger partial charge in [0.25, 0.3) is 0 Å². The van der Waals surface area contributed by atoms with Crippen LogP contribution in [0.25, 0.3) is 22.1 Å². The molecule has 5 heteroatoms. The minimum absolute atomic E-state index is 0.224. The normalized spacial score (nSPS) is 13.2. The molecule has 1 aromatic heterocycles. The zero-order valence-corrected chi connectivity index (χ0v) is 14.9. The molecule has 4 nitrogen and oxygen atoms in total. The third-order valence-electron chi connectivity index (χ3n) is 4.98. The third-order valence-corrected chi connectivity index (χ3v) is 4.98. The fourth-order valence-corrected chi connectivity index (χ4v) is 3.65. The predicted octanol–water partition coefficient (Wildman–Crippen LogP) is 4.96. The lowest BCUT2D eigenvalue weighted by molar-refractivity contribution is 0.287. The average molecular weight is 373 g/mol. The fourth-order valence-electron chi connectivity index (χ4n) is 3.65. The quantitative estimate of drug-likeness (QED) is 0.466. The molecule has 3 aromatic carbocycles. The molecule has 2 heterocycles. The summed E-state index contributed by atoms with van der Waals surface area (Å²) in [6, 6.07) is 21.5. The van der Waals surface area contributed by atoms with Gasteiger partial charge in [0.1, 0.15) is 17.1 Å². The number of ether oxygens (including phenoxy) is 1. The van der Waals surface area contributed by atoms with Gasteiger partial charge >= 0.3 is 5.63 Å². The summed E-state index contributed by atoms with van der Waals surface area (Å²) in [6.07, 6.45) is 0. The molecule has 1 aliphatic heterocycles. The molecule has 28 heavy (non-hydrogen) atoms. The second-order valence-electron chi connectivity index (χ2n) is 6.69. The van der Waals surface area contributed by atoms with Crippen LogP contribution in [-0.4, -0.2) is 6.73 Å². The van der Waals surface area contributed by atoms with Crippen LogP contribution in [0, 0.1) is 5.82 Å². The minimum Gasteiger partial charge on any atom is -0.473 e. The van der Waals surface area contributed by atoms with Crippen molar-refractivity contribution in [3.8, 4) is 16.9 Å². The first kappa shape index (κ1) is 16.6. The maximum atomic E-state index is 14.2. The van der Waals surface area contributed by atoms with Crippen LogP contribution in [0.1, 0.15) is 5.56 Å². The molecule has 0 fully saturated rings. The van der Waals surface area contributed by atoms with E-state index < -0.39 is 5.63 Å². The minimum atomic E-state index is -0.428. The Bertz CT molecular complexity index is 1230. The van der Waals surface area contributed by atoms with E-state index in [0.29, 0.717) is 23.6 Å². The highest BCUT2D eigenvalue weighted by Crippen LogP contribution is 2.37. The molecule has 0 unspecified atom stereocenters. The molecule has 0 saturated carbocycles. The molecule has 1 aliphatic rings. The Balaban J connectivity index is 1.68. The summed E-state index contributed by atoms with van der Waals surface area (Å²) in [7, 11) is 0. The highest BCUT2D eigenvalue weighted by molar-refractivity contribution is 5.96. The van der Waals surface area contributed by atoms with E-state index in [4.69, 9.17) is 9.15 Å². The number of hydrogen-bond donors (Lipinski definition) is 0. The lowest BCUT2D eigenvalue weighted by Crippen LogP contribution is -2.32. The van der Waals surface area contributed by atoms with Gasteiger partial charge in [0.15, 0.2) is 6.73 Å². The molecule has 4 aromatic rings. The van der Waals surface area contributed by atoms with Gasteiger partial charge in [0, 0.05) is 11.5 Å². The summed E-state index contributed by atoms with van der Waals surface area (Å²) in [5.41, 5.74) is 2.97. The smallest absolute Gasteiger partial charge is 0.336 e. The van der Waals surface area contributed by atoms with Gasteiger partial charge in [-0.2, -0.15) is 0 Å². The van der Waals surface area contributed by atoms with Gasteiger partial charge in [0.2, 0.25) is 0 Å². The summed E-state index contributed by atoms with van der Waals surface area (Å²) < 4.78 is 25.7. The lowest BCUT2D eigenvalue weighted by atomic mass is 9.99. The van der Waals surface area contributed by atoms with E-state index in [-0.39, 0.29) is 12.5 Å². The van der Waals surface area contributed by atoms with Gasteiger partial charge in [-0.1, -0.05) is 42.5 Å². The molecule has 0 radical (unpaired) electrons. The van der Waals surface area contributed by atoms with Crippen LogP contribution in [-0.2, 0) is 6.54 Å². The predicted molar refractivity (Wildman–Crippen MR) is 106 cm³/mol. The van der Waals surface area contributed by atoms with Crippen molar-refractivity contribution in [2.24, 2.45) is 0 Å². The highest BCUT2D eigenvalue weighted by Gasteiger charge is 2.24. The number of hydrogen-bond acceptors (Lipinski definition) is 4. The first-order chi connectivity index (χ1) is 13.7. The molecule has 0 saturated heterocycles. The van der Waals surface area contributed by atoms with Crippen molar-refractivity contribution in [3.05, 3.63) is 94.6 Å². The topological polar surface area (TPSA) is 42.7 Å². The van der Waals surface area contributed by atoms with Crippen molar-refractivity contribution < 1.29 is 13.5 Å². The Morgan fingerprint density at radius 2 is 1.71 bits per heavy atom. The summed E-state index contributed by atoms with van der Waals surface area (Å²) in [6.45, 7) is 0.608. The Hall–Kier alpha value is -3.60. The number of para-hydroxylation sites is 1. The summed E-state index contributed by atoms with van der Waals surface area (Å²) >= 11 is 0. The Kier molecular flexibility index (Phi) is 3.86. The maximum absolute atomic E-state index is 14.2. The molecular formula is C23H16FNO3. The van der Waals surface area contributed by atoms with Crippen LogP contribution in [0.4, 0.5) is 10.1 Å². The average Bonchev–Trinajstić information content (AvgIpc) is 2.74. The van der Waals surface area contributed by atoms with Crippen molar-refractivity contribution in [2.75, 3.05) is 11.6 Å². The Labute approximate surface area is 160 Å². The van der Waals surface area contributed by atoms with E-state index >= 15 is 0 Å². The number of rotatable bonds is 2. The van der Waals surface area contributed by atoms with E-state index in [1.165, 1.54) is 12.1 Å². The van der Waals surface area contributed by atoms with Gasteiger partial charge in [-0.15, -0.1) is 0 Å². The third kappa shape index (κ3) is 2.72. The molecule has 0 spiro atoms. The first-order valence-electron chi connectivity index (χ1n) is 8.98. The first-order valence-corrected chi connectivity index (χ1v) is 8.98. The van der Waals surface area contributed by atoms with Crippen LogP contribution in [0.3, 0.4) is 0 Å². The zero-order valence-electron chi connectivity index (χ0n) is 14.9. The van der Waals surface area contributed by atoms with Gasteiger partial charge < -0.3 is 14.1 Å². The summed E-state index contributed by atoms with van der Waals surface area (Å²) in [4.78, 5) is 14.1. The van der Waals surface area contributed by atoms with E-state index in [1.807, 2.05) is 42.5 Å². The number of nitrogens with zero attached hydrogens (tertiary/aromatic N) is 1. The van der Waals surface area contributed by atoms with Crippen molar-refractivity contribution >= 4 is 16.7 Å². The van der Waals surface area contributed by atoms with Crippen LogP contribution in [0.15, 0.2) is 82.0 Å². The largest absolute Gasteiger partial charge is 0.473 e. The molecule has 0 bridgehead atoms. The summed E-state index contributed by atoms with van der Waals surface area (Å²) in [5.74, 6) is 0.328.